The van der Waals surface area contributed by atoms with E-state index in [0.717, 1.165) is 16.2 Å². The second-order valence-electron chi connectivity index (χ2n) is 7.65. The molecule has 2 amide bonds. The number of carbonyl (C=O) groups is 3. The lowest BCUT2D eigenvalue weighted by Gasteiger charge is -2.24. The van der Waals surface area contributed by atoms with E-state index in [1.165, 1.54) is 0 Å². The van der Waals surface area contributed by atoms with Gasteiger partial charge in [-0.2, -0.15) is 0 Å². The van der Waals surface area contributed by atoms with Crippen LogP contribution in [-0.2, 0) is 37.2 Å². The van der Waals surface area contributed by atoms with E-state index in [-0.39, 0.29) is 38.1 Å². The molecule has 31 heavy (non-hydrogen) atoms. The van der Waals surface area contributed by atoms with Gasteiger partial charge >= 0.3 is 5.97 Å². The summed E-state index contributed by atoms with van der Waals surface area (Å²) in [6.07, 6.45) is 1.11. The Labute approximate surface area is 183 Å². The third-order valence-electron chi connectivity index (χ3n) is 4.53. The lowest BCUT2D eigenvalue weighted by atomic mass is 9.96. The average molecular weight is 427 g/mol. The first-order valence-electron chi connectivity index (χ1n) is 10.3. The van der Waals surface area contributed by atoms with E-state index in [0.29, 0.717) is 12.8 Å². The highest BCUT2D eigenvalue weighted by Gasteiger charge is 2.23. The lowest BCUT2D eigenvalue weighted by Crippen LogP contribution is -2.41. The molecule has 0 aliphatic heterocycles. The molecular formula is C24H30N2O5. The highest BCUT2D eigenvalue weighted by molar-refractivity contribution is 5.83. The SMILES string of the molecule is CC(C)C[C@H](CN(C=O)OCc1ccccc1)C(=O)NCC(=O)OCc1ccccc1. The summed E-state index contributed by atoms with van der Waals surface area (Å²) in [6, 6.07) is 18.8. The molecule has 7 heteroatoms. The molecule has 0 aliphatic rings. The highest BCUT2D eigenvalue weighted by atomic mass is 16.7. The zero-order valence-electron chi connectivity index (χ0n) is 18.0. The van der Waals surface area contributed by atoms with Crippen LogP contribution in [0.15, 0.2) is 60.7 Å². The molecule has 2 aromatic rings. The van der Waals surface area contributed by atoms with Gasteiger partial charge in [0, 0.05) is 0 Å². The van der Waals surface area contributed by atoms with Crippen LogP contribution in [0.4, 0.5) is 0 Å². The predicted octanol–water partition coefficient (Wildman–Crippen LogP) is 3.10. The lowest BCUT2D eigenvalue weighted by molar-refractivity contribution is -0.182. The van der Waals surface area contributed by atoms with Crippen LogP contribution in [0.3, 0.4) is 0 Å². The molecule has 1 N–H and O–H groups in total. The molecule has 7 nitrogen and oxygen atoms in total. The van der Waals surface area contributed by atoms with Crippen molar-refractivity contribution in [2.75, 3.05) is 13.1 Å². The van der Waals surface area contributed by atoms with Crippen molar-refractivity contribution in [2.24, 2.45) is 11.8 Å². The summed E-state index contributed by atoms with van der Waals surface area (Å²) in [5.74, 6) is -1.13. The van der Waals surface area contributed by atoms with E-state index < -0.39 is 11.9 Å². The first-order chi connectivity index (χ1) is 15.0. The first-order valence-corrected chi connectivity index (χ1v) is 10.3. The van der Waals surface area contributed by atoms with Gasteiger partial charge in [0.2, 0.25) is 12.3 Å². The zero-order valence-corrected chi connectivity index (χ0v) is 18.0. The van der Waals surface area contributed by atoms with Gasteiger partial charge in [0.05, 0.1) is 12.5 Å². The van der Waals surface area contributed by atoms with Gasteiger partial charge in [0.15, 0.2) is 0 Å². The molecule has 0 saturated heterocycles. The van der Waals surface area contributed by atoms with Crippen LogP contribution in [0.1, 0.15) is 31.4 Å². The number of hydroxylamine groups is 2. The fourth-order valence-electron chi connectivity index (χ4n) is 3.00. The Bertz CT molecular complexity index is 811. The summed E-state index contributed by atoms with van der Waals surface area (Å²) < 4.78 is 5.18. The molecule has 0 aromatic heterocycles. The van der Waals surface area contributed by atoms with E-state index in [1.807, 2.05) is 74.5 Å². The van der Waals surface area contributed by atoms with E-state index in [9.17, 15) is 14.4 Å². The predicted molar refractivity (Wildman–Crippen MR) is 116 cm³/mol. The molecule has 2 rings (SSSR count). The van der Waals surface area contributed by atoms with Crippen molar-refractivity contribution >= 4 is 18.3 Å². The van der Waals surface area contributed by atoms with Crippen LogP contribution < -0.4 is 5.32 Å². The average Bonchev–Trinajstić information content (AvgIpc) is 2.79. The number of esters is 1. The van der Waals surface area contributed by atoms with Crippen molar-refractivity contribution in [2.45, 2.75) is 33.5 Å². The topological polar surface area (TPSA) is 84.9 Å². The van der Waals surface area contributed by atoms with E-state index >= 15 is 0 Å². The third kappa shape index (κ3) is 9.44. The van der Waals surface area contributed by atoms with Gasteiger partial charge in [0.1, 0.15) is 19.8 Å². The van der Waals surface area contributed by atoms with Crippen molar-refractivity contribution < 1.29 is 24.0 Å². The van der Waals surface area contributed by atoms with Gasteiger partial charge in [-0.3, -0.25) is 19.2 Å². The van der Waals surface area contributed by atoms with Gasteiger partial charge in [-0.1, -0.05) is 74.5 Å². The van der Waals surface area contributed by atoms with Gasteiger partial charge in [-0.05, 0) is 23.5 Å². The highest BCUT2D eigenvalue weighted by Crippen LogP contribution is 2.14. The second-order valence-corrected chi connectivity index (χ2v) is 7.65. The second kappa shape index (κ2) is 13.2. The molecule has 0 radical (unpaired) electrons. The number of benzene rings is 2. The summed E-state index contributed by atoms with van der Waals surface area (Å²) in [4.78, 5) is 41.6. The zero-order chi connectivity index (χ0) is 22.5. The molecule has 0 spiro atoms. The number of nitrogens with zero attached hydrogens (tertiary/aromatic N) is 1. The van der Waals surface area contributed by atoms with E-state index in [1.54, 1.807) is 0 Å². The number of hydrogen-bond acceptors (Lipinski definition) is 5. The third-order valence-corrected chi connectivity index (χ3v) is 4.53. The van der Waals surface area contributed by atoms with Crippen molar-refractivity contribution in [3.8, 4) is 0 Å². The van der Waals surface area contributed by atoms with Crippen molar-refractivity contribution in [3.63, 3.8) is 0 Å². The maximum Gasteiger partial charge on any atom is 0.325 e. The summed E-state index contributed by atoms with van der Waals surface area (Å²) in [6.45, 7) is 4.22. The van der Waals surface area contributed by atoms with Crippen LogP contribution in [-0.4, -0.2) is 36.4 Å². The van der Waals surface area contributed by atoms with E-state index in [4.69, 9.17) is 9.57 Å². The van der Waals surface area contributed by atoms with Gasteiger partial charge in [0.25, 0.3) is 0 Å². The van der Waals surface area contributed by atoms with Crippen molar-refractivity contribution in [1.82, 2.24) is 10.4 Å². The van der Waals surface area contributed by atoms with Crippen LogP contribution in [0, 0.1) is 11.8 Å². The molecule has 0 bridgehead atoms. The summed E-state index contributed by atoms with van der Waals surface area (Å²) >= 11 is 0. The number of carbonyl (C=O) groups excluding carboxylic acids is 3. The minimum Gasteiger partial charge on any atom is -0.460 e. The molecule has 0 unspecified atom stereocenters. The fraction of sp³-hybridized carbons (Fsp3) is 0.375. The van der Waals surface area contributed by atoms with Crippen LogP contribution in [0.5, 0.6) is 0 Å². The van der Waals surface area contributed by atoms with Crippen molar-refractivity contribution in [3.05, 3.63) is 71.8 Å². The fourth-order valence-corrected chi connectivity index (χ4v) is 3.00. The van der Waals surface area contributed by atoms with Gasteiger partial charge in [-0.25, -0.2) is 5.06 Å². The Morgan fingerprint density at radius 2 is 1.55 bits per heavy atom. The Morgan fingerprint density at radius 3 is 2.10 bits per heavy atom. The maximum atomic E-state index is 12.7. The Morgan fingerprint density at radius 1 is 0.968 bits per heavy atom. The number of hydrogen-bond donors (Lipinski definition) is 1. The quantitative estimate of drug-likeness (QED) is 0.302. The van der Waals surface area contributed by atoms with Crippen LogP contribution >= 0.6 is 0 Å². The van der Waals surface area contributed by atoms with Crippen molar-refractivity contribution in [1.29, 1.82) is 0 Å². The maximum absolute atomic E-state index is 12.7. The minimum atomic E-state index is -0.520. The molecular weight excluding hydrogens is 396 g/mol. The smallest absolute Gasteiger partial charge is 0.325 e. The standard InChI is InChI=1S/C24H30N2O5/c1-19(2)13-22(15-26(18-27)31-17-21-11-7-4-8-12-21)24(29)25-14-23(28)30-16-20-9-5-3-6-10-20/h3-12,18-19,22H,13-17H2,1-2H3,(H,25,29)/t22-/m1/s1. The van der Waals surface area contributed by atoms with Gasteiger partial charge < -0.3 is 10.1 Å². The summed E-state index contributed by atoms with van der Waals surface area (Å²) in [5.41, 5.74) is 1.79. The Kier molecular flexibility index (Phi) is 10.2. The molecule has 0 aliphatic carbocycles. The number of amides is 2. The number of rotatable bonds is 13. The summed E-state index contributed by atoms with van der Waals surface area (Å²) in [5, 5.41) is 3.75. The van der Waals surface area contributed by atoms with E-state index in [2.05, 4.69) is 5.32 Å². The molecule has 0 heterocycles. The van der Waals surface area contributed by atoms with Crippen LogP contribution in [0.2, 0.25) is 0 Å². The monoisotopic (exact) mass is 426 g/mol. The largest absolute Gasteiger partial charge is 0.460 e. The normalized spacial score (nSPS) is 11.6. The summed E-state index contributed by atoms with van der Waals surface area (Å²) in [7, 11) is 0. The minimum absolute atomic E-state index is 0.0966. The van der Waals surface area contributed by atoms with Crippen LogP contribution in [0.25, 0.3) is 0 Å². The molecule has 1 atom stereocenters. The Hall–Kier alpha value is -3.19. The molecule has 166 valence electrons. The molecule has 2 aromatic carbocycles. The number of nitrogens with one attached hydrogen (secondary N) is 1. The molecule has 0 saturated carbocycles. The molecule has 0 fully saturated rings. The first kappa shape index (κ1) is 24.1. The van der Waals surface area contributed by atoms with Gasteiger partial charge in [-0.15, -0.1) is 0 Å². The number of ether oxygens (including phenoxy) is 1. The Balaban J connectivity index is 1.83.